The Balaban J connectivity index is 1.65. The van der Waals surface area contributed by atoms with Gasteiger partial charge in [0.1, 0.15) is 0 Å². The van der Waals surface area contributed by atoms with Crippen LogP contribution in [0.4, 0.5) is 5.69 Å². The summed E-state index contributed by atoms with van der Waals surface area (Å²) in [6.07, 6.45) is 8.93. The minimum Gasteiger partial charge on any atom is -0.493 e. The Hall–Kier alpha value is -2.44. The third kappa shape index (κ3) is 7.04. The van der Waals surface area contributed by atoms with Crippen molar-refractivity contribution in [2.45, 2.75) is 45.4 Å². The molecule has 3 rings (SSSR count). The van der Waals surface area contributed by atoms with Gasteiger partial charge in [0.05, 0.1) is 29.3 Å². The van der Waals surface area contributed by atoms with Crippen LogP contribution in [-0.4, -0.2) is 24.8 Å². The van der Waals surface area contributed by atoms with E-state index >= 15 is 0 Å². The lowest BCUT2D eigenvalue weighted by Crippen LogP contribution is -2.19. The number of methoxy groups -OCH3 is 1. The van der Waals surface area contributed by atoms with Gasteiger partial charge < -0.3 is 14.8 Å². The molecule has 1 N–H and O–H groups in total. The van der Waals surface area contributed by atoms with E-state index in [0.29, 0.717) is 33.2 Å². The van der Waals surface area contributed by atoms with Crippen LogP contribution in [0.1, 0.15) is 51.0 Å². The van der Waals surface area contributed by atoms with Crippen LogP contribution in [0.2, 0.25) is 5.02 Å². The fourth-order valence-corrected chi connectivity index (χ4v) is 4.39. The number of para-hydroxylation sites is 1. The summed E-state index contributed by atoms with van der Waals surface area (Å²) in [6, 6.07) is 13.1. The molecular weight excluding hydrogens is 444 g/mol. The van der Waals surface area contributed by atoms with Crippen molar-refractivity contribution in [1.29, 1.82) is 0 Å². The maximum atomic E-state index is 12.4. The number of halogens is 1. The van der Waals surface area contributed by atoms with Crippen molar-refractivity contribution >= 4 is 46.2 Å². The van der Waals surface area contributed by atoms with E-state index in [1.54, 1.807) is 19.3 Å². The summed E-state index contributed by atoms with van der Waals surface area (Å²) in [5.41, 5.74) is 1.55. The predicted octanol–water partition coefficient (Wildman–Crippen LogP) is 6.98. The van der Waals surface area contributed by atoms with Crippen LogP contribution in [0, 0.1) is 0 Å². The molecule has 0 aliphatic carbocycles. The zero-order valence-corrected chi connectivity index (χ0v) is 20.1. The summed E-state index contributed by atoms with van der Waals surface area (Å²) in [5, 5.41) is 3.80. The summed E-state index contributed by atoms with van der Waals surface area (Å²) in [7, 11) is 1.59. The Morgan fingerprint density at radius 2 is 1.84 bits per heavy atom. The smallest absolute Gasteiger partial charge is 0.264 e. The Kier molecular flexibility index (Phi) is 9.50. The minimum absolute atomic E-state index is 0.192. The van der Waals surface area contributed by atoms with Gasteiger partial charge >= 0.3 is 0 Å². The van der Waals surface area contributed by atoms with Crippen molar-refractivity contribution in [3.8, 4) is 11.5 Å². The number of carbonyl (C=O) groups excluding carboxylic acids is 1. The van der Waals surface area contributed by atoms with Gasteiger partial charge in [-0.25, -0.2) is 4.99 Å². The van der Waals surface area contributed by atoms with Crippen LogP contribution in [0.3, 0.4) is 0 Å². The lowest BCUT2D eigenvalue weighted by atomic mass is 10.1. The summed E-state index contributed by atoms with van der Waals surface area (Å²) in [4.78, 5) is 17.4. The number of thioether (sulfide) groups is 1. The molecular formula is C25H29ClN2O3S. The fourth-order valence-electron chi connectivity index (χ4n) is 3.27. The van der Waals surface area contributed by atoms with Crippen LogP contribution in [-0.2, 0) is 4.79 Å². The molecule has 1 amide bonds. The normalized spacial score (nSPS) is 15.9. The summed E-state index contributed by atoms with van der Waals surface area (Å²) in [6.45, 7) is 2.81. The number of hydrogen-bond donors (Lipinski definition) is 1. The first-order valence-corrected chi connectivity index (χ1v) is 12.1. The molecule has 5 nitrogen and oxygen atoms in total. The molecule has 1 saturated heterocycles. The van der Waals surface area contributed by atoms with Crippen molar-refractivity contribution in [1.82, 2.24) is 5.32 Å². The van der Waals surface area contributed by atoms with Crippen molar-refractivity contribution in [2.75, 3.05) is 13.7 Å². The summed E-state index contributed by atoms with van der Waals surface area (Å²) in [5.74, 6) is 0.903. The van der Waals surface area contributed by atoms with E-state index in [2.05, 4.69) is 17.2 Å². The molecule has 2 aromatic carbocycles. The van der Waals surface area contributed by atoms with Crippen molar-refractivity contribution < 1.29 is 14.3 Å². The molecule has 0 bridgehead atoms. The summed E-state index contributed by atoms with van der Waals surface area (Å²) >= 11 is 7.78. The maximum absolute atomic E-state index is 12.4. The highest BCUT2D eigenvalue weighted by atomic mass is 35.5. The fraction of sp³-hybridized carbons (Fsp3) is 0.360. The second-order valence-electron chi connectivity index (χ2n) is 7.47. The quantitative estimate of drug-likeness (QED) is 0.283. The van der Waals surface area contributed by atoms with Crippen LogP contribution in [0.25, 0.3) is 6.08 Å². The van der Waals surface area contributed by atoms with Crippen LogP contribution < -0.4 is 14.8 Å². The summed E-state index contributed by atoms with van der Waals surface area (Å²) < 4.78 is 11.4. The second kappa shape index (κ2) is 12.6. The molecule has 0 saturated carbocycles. The van der Waals surface area contributed by atoms with Gasteiger partial charge in [-0.2, -0.15) is 0 Å². The average Bonchev–Trinajstić information content (AvgIpc) is 3.13. The maximum Gasteiger partial charge on any atom is 0.264 e. The SMILES string of the molecule is CCCCCCCCOc1c(Cl)cc(/C=C2/SC(=Nc3ccccc3)NC2=O)cc1OC. The first-order valence-electron chi connectivity index (χ1n) is 11.0. The van der Waals surface area contributed by atoms with E-state index in [0.717, 1.165) is 24.1 Å². The van der Waals surface area contributed by atoms with Crippen molar-refractivity contribution in [3.05, 3.63) is 58.0 Å². The first kappa shape index (κ1) is 24.2. The zero-order valence-electron chi connectivity index (χ0n) is 18.5. The number of benzene rings is 2. The van der Waals surface area contributed by atoms with Gasteiger partial charge in [0.15, 0.2) is 16.7 Å². The highest BCUT2D eigenvalue weighted by Gasteiger charge is 2.24. The largest absolute Gasteiger partial charge is 0.493 e. The monoisotopic (exact) mass is 472 g/mol. The molecule has 1 aliphatic rings. The number of rotatable bonds is 11. The van der Waals surface area contributed by atoms with Gasteiger partial charge in [-0.1, -0.05) is 68.8 Å². The van der Waals surface area contributed by atoms with Gasteiger partial charge in [0.2, 0.25) is 0 Å². The molecule has 0 unspecified atom stereocenters. The Morgan fingerprint density at radius 1 is 1.09 bits per heavy atom. The van der Waals surface area contributed by atoms with Gasteiger partial charge in [0, 0.05) is 0 Å². The molecule has 0 radical (unpaired) electrons. The van der Waals surface area contributed by atoms with Gasteiger partial charge in [0.25, 0.3) is 5.91 Å². The minimum atomic E-state index is -0.192. The van der Waals surface area contributed by atoms with E-state index in [1.165, 1.54) is 37.4 Å². The van der Waals surface area contributed by atoms with E-state index in [-0.39, 0.29) is 5.91 Å². The van der Waals surface area contributed by atoms with Gasteiger partial charge in [-0.15, -0.1) is 0 Å². The number of ether oxygens (including phenoxy) is 2. The predicted molar refractivity (Wildman–Crippen MR) is 134 cm³/mol. The molecule has 2 aromatic rings. The number of hydrogen-bond acceptors (Lipinski definition) is 5. The number of amides is 1. The van der Waals surface area contributed by atoms with Crippen molar-refractivity contribution in [3.63, 3.8) is 0 Å². The van der Waals surface area contributed by atoms with Gasteiger partial charge in [-0.3, -0.25) is 4.79 Å². The molecule has 32 heavy (non-hydrogen) atoms. The van der Waals surface area contributed by atoms with Crippen LogP contribution in [0.5, 0.6) is 11.5 Å². The Labute approximate surface area is 199 Å². The third-order valence-corrected chi connectivity index (χ3v) is 6.12. The number of aliphatic imine (C=N–C) groups is 1. The highest BCUT2D eigenvalue weighted by Crippen LogP contribution is 2.38. The van der Waals surface area contributed by atoms with Crippen LogP contribution >= 0.6 is 23.4 Å². The van der Waals surface area contributed by atoms with E-state index < -0.39 is 0 Å². The molecule has 0 aromatic heterocycles. The second-order valence-corrected chi connectivity index (χ2v) is 8.91. The van der Waals surface area contributed by atoms with Crippen molar-refractivity contribution in [2.24, 2.45) is 4.99 Å². The standard InChI is InChI=1S/C25H29ClN2O3S/c1-3-4-5-6-7-11-14-31-23-20(26)15-18(16-21(23)30-2)17-22-24(29)28-25(32-22)27-19-12-9-8-10-13-19/h8-10,12-13,15-17H,3-7,11,14H2,1-2H3,(H,27,28,29)/b22-17+. The van der Waals surface area contributed by atoms with E-state index in [4.69, 9.17) is 21.1 Å². The number of nitrogens with zero attached hydrogens (tertiary/aromatic N) is 1. The van der Waals surface area contributed by atoms with Gasteiger partial charge in [-0.05, 0) is 54.1 Å². The first-order chi connectivity index (χ1) is 15.6. The van der Waals surface area contributed by atoms with E-state index in [1.807, 2.05) is 36.4 Å². The average molecular weight is 473 g/mol. The molecule has 1 fully saturated rings. The molecule has 7 heteroatoms. The lowest BCUT2D eigenvalue weighted by molar-refractivity contribution is -0.115. The molecule has 1 aliphatic heterocycles. The number of carbonyl (C=O) groups is 1. The number of nitrogens with one attached hydrogen (secondary N) is 1. The van der Waals surface area contributed by atoms with E-state index in [9.17, 15) is 4.79 Å². The number of unbranched alkanes of at least 4 members (excludes halogenated alkanes) is 5. The molecule has 1 heterocycles. The molecule has 0 spiro atoms. The third-order valence-electron chi connectivity index (χ3n) is 4.93. The Morgan fingerprint density at radius 3 is 2.59 bits per heavy atom. The Bertz CT molecular complexity index is 977. The highest BCUT2D eigenvalue weighted by molar-refractivity contribution is 8.18. The van der Waals surface area contributed by atoms with Crippen LogP contribution in [0.15, 0.2) is 52.4 Å². The number of amidine groups is 1. The molecule has 170 valence electrons. The zero-order chi connectivity index (χ0) is 22.8. The lowest BCUT2D eigenvalue weighted by Gasteiger charge is -2.13. The topological polar surface area (TPSA) is 59.9 Å². The molecule has 0 atom stereocenters.